The van der Waals surface area contributed by atoms with Crippen LogP contribution in [0.25, 0.3) is 22.2 Å². The van der Waals surface area contributed by atoms with Gasteiger partial charge in [-0.15, -0.1) is 0 Å². The van der Waals surface area contributed by atoms with Crippen molar-refractivity contribution in [3.8, 4) is 11.1 Å². The number of ether oxygens (including phenoxy) is 1. The van der Waals surface area contributed by atoms with Gasteiger partial charge in [-0.3, -0.25) is 4.79 Å². The maximum Gasteiger partial charge on any atom is 0.251 e. The molecule has 176 valence electrons. The lowest BCUT2D eigenvalue weighted by atomic mass is 10.0. The van der Waals surface area contributed by atoms with Gasteiger partial charge in [0.05, 0.1) is 31.1 Å². The summed E-state index contributed by atoms with van der Waals surface area (Å²) in [4.78, 5) is 25.6. The van der Waals surface area contributed by atoms with E-state index in [2.05, 4.69) is 53.9 Å². The highest BCUT2D eigenvalue weighted by molar-refractivity contribution is 9.10. The van der Waals surface area contributed by atoms with Crippen LogP contribution in [0.5, 0.6) is 0 Å². The number of nitrogens with zero attached hydrogens (tertiary/aromatic N) is 4. The molecule has 4 aromatic rings. The number of rotatable bonds is 6. The van der Waals surface area contributed by atoms with Crippen molar-refractivity contribution in [2.45, 2.75) is 6.04 Å². The summed E-state index contributed by atoms with van der Waals surface area (Å²) in [5.41, 5.74) is 4.81. The van der Waals surface area contributed by atoms with Crippen molar-refractivity contribution in [1.29, 1.82) is 0 Å². The lowest BCUT2D eigenvalue weighted by Gasteiger charge is -2.28. The topological polar surface area (TPSA) is 66.4 Å². The maximum atomic E-state index is 13.4. The van der Waals surface area contributed by atoms with Gasteiger partial charge in [-0.1, -0.05) is 28.1 Å². The fourth-order valence-electron chi connectivity index (χ4n) is 4.55. The van der Waals surface area contributed by atoms with Crippen molar-refractivity contribution in [2.75, 3.05) is 51.8 Å². The Bertz CT molecular complexity index is 1360. The van der Waals surface area contributed by atoms with E-state index >= 15 is 0 Å². The van der Waals surface area contributed by atoms with Gasteiger partial charge in [-0.05, 0) is 49.5 Å². The zero-order valence-electron chi connectivity index (χ0n) is 19.4. The van der Waals surface area contributed by atoms with Crippen LogP contribution < -0.4 is 10.5 Å². The molecule has 34 heavy (non-hydrogen) atoms. The molecule has 1 N–H and O–H groups in total. The van der Waals surface area contributed by atoms with Crippen LogP contribution in [0.2, 0.25) is 0 Å². The van der Waals surface area contributed by atoms with E-state index in [1.54, 1.807) is 6.07 Å². The van der Waals surface area contributed by atoms with Crippen LogP contribution in [0.1, 0.15) is 11.6 Å². The Kier molecular flexibility index (Phi) is 6.54. The number of hydrogen-bond acceptors (Lipinski definition) is 5. The van der Waals surface area contributed by atoms with E-state index in [0.717, 1.165) is 70.7 Å². The van der Waals surface area contributed by atoms with Crippen LogP contribution in [0, 0.1) is 0 Å². The number of nitrogens with one attached hydrogen (secondary N) is 1. The Morgan fingerprint density at radius 1 is 1.18 bits per heavy atom. The Morgan fingerprint density at radius 2 is 2.00 bits per heavy atom. The minimum Gasteiger partial charge on any atom is -0.378 e. The number of fused-ring (bicyclic) bond motifs is 1. The third kappa shape index (κ3) is 4.66. The second kappa shape index (κ2) is 9.74. The van der Waals surface area contributed by atoms with Crippen molar-refractivity contribution in [3.63, 3.8) is 0 Å². The number of halogens is 1. The Balaban J connectivity index is 1.52. The van der Waals surface area contributed by atoms with Gasteiger partial charge in [0.1, 0.15) is 5.65 Å². The van der Waals surface area contributed by atoms with Gasteiger partial charge in [0.15, 0.2) is 0 Å². The second-order valence-corrected chi connectivity index (χ2v) is 9.80. The summed E-state index contributed by atoms with van der Waals surface area (Å²) in [6.07, 6.45) is 5.74. The number of morpholine rings is 1. The van der Waals surface area contributed by atoms with Crippen molar-refractivity contribution in [1.82, 2.24) is 19.4 Å². The number of benzene rings is 1. The zero-order chi connectivity index (χ0) is 23.7. The predicted molar refractivity (Wildman–Crippen MR) is 140 cm³/mol. The Labute approximate surface area is 207 Å². The van der Waals surface area contributed by atoms with Gasteiger partial charge >= 0.3 is 0 Å². The van der Waals surface area contributed by atoms with E-state index < -0.39 is 0 Å². The first-order chi connectivity index (χ1) is 16.5. The van der Waals surface area contributed by atoms with Gasteiger partial charge < -0.3 is 24.1 Å². The molecule has 0 bridgehead atoms. The largest absolute Gasteiger partial charge is 0.378 e. The van der Waals surface area contributed by atoms with Crippen LogP contribution in [0.3, 0.4) is 0 Å². The molecule has 0 spiro atoms. The summed E-state index contributed by atoms with van der Waals surface area (Å²) in [5, 5.41) is 1.01. The molecule has 0 aliphatic carbocycles. The lowest BCUT2D eigenvalue weighted by molar-refractivity contribution is 0.122. The molecule has 0 amide bonds. The first-order valence-electron chi connectivity index (χ1n) is 11.4. The molecule has 1 aromatic carbocycles. The first kappa shape index (κ1) is 22.8. The summed E-state index contributed by atoms with van der Waals surface area (Å²) >= 11 is 3.56. The van der Waals surface area contributed by atoms with Gasteiger partial charge in [0.2, 0.25) is 0 Å². The molecule has 1 aliphatic heterocycles. The fraction of sp³-hybridized carbons (Fsp3) is 0.308. The number of H-pyrrole nitrogens is 1. The van der Waals surface area contributed by atoms with Crippen molar-refractivity contribution < 1.29 is 4.74 Å². The van der Waals surface area contributed by atoms with Crippen LogP contribution in [-0.4, -0.2) is 66.4 Å². The maximum absolute atomic E-state index is 13.4. The number of aromatic nitrogens is 3. The monoisotopic (exact) mass is 521 g/mol. The third-order valence-corrected chi connectivity index (χ3v) is 6.75. The van der Waals surface area contributed by atoms with Crippen LogP contribution in [0.15, 0.2) is 70.3 Å². The zero-order valence-corrected chi connectivity index (χ0v) is 21.0. The summed E-state index contributed by atoms with van der Waals surface area (Å²) < 4.78 is 8.30. The summed E-state index contributed by atoms with van der Waals surface area (Å²) in [6.45, 7) is 3.87. The first-order valence-corrected chi connectivity index (χ1v) is 12.2. The molecule has 3 aromatic heterocycles. The van der Waals surface area contributed by atoms with E-state index in [9.17, 15) is 4.79 Å². The minimum atomic E-state index is -0.0911. The normalized spacial score (nSPS) is 15.2. The highest BCUT2D eigenvalue weighted by atomic mass is 79.9. The number of aromatic amines is 1. The molecule has 0 unspecified atom stereocenters. The van der Waals surface area contributed by atoms with Gasteiger partial charge in [-0.25, -0.2) is 4.98 Å². The molecule has 0 radical (unpaired) electrons. The molecule has 0 saturated carbocycles. The Morgan fingerprint density at radius 3 is 2.74 bits per heavy atom. The van der Waals surface area contributed by atoms with Gasteiger partial charge in [0.25, 0.3) is 5.56 Å². The van der Waals surface area contributed by atoms with Crippen molar-refractivity contribution >= 4 is 32.7 Å². The fourth-order valence-corrected chi connectivity index (χ4v) is 4.97. The van der Waals surface area contributed by atoms with Gasteiger partial charge in [-0.2, -0.15) is 0 Å². The molecule has 4 heterocycles. The van der Waals surface area contributed by atoms with E-state index in [0.29, 0.717) is 0 Å². The SMILES string of the molecule is CN(C)C[C@H](c1cccc(Br)c1)n1ccc(-c2c[nH]c3ncc(N4CCOCC4)cc23)cc1=O. The molecule has 1 fully saturated rings. The summed E-state index contributed by atoms with van der Waals surface area (Å²) in [5.74, 6) is 0. The molecule has 1 aliphatic rings. The van der Waals surface area contributed by atoms with Crippen LogP contribution >= 0.6 is 15.9 Å². The third-order valence-electron chi connectivity index (χ3n) is 6.26. The minimum absolute atomic E-state index is 0.0315. The molecule has 5 rings (SSSR count). The highest BCUT2D eigenvalue weighted by Gasteiger charge is 2.18. The predicted octanol–water partition coefficient (Wildman–Crippen LogP) is 4.14. The molecule has 1 saturated heterocycles. The quantitative estimate of drug-likeness (QED) is 0.413. The van der Waals surface area contributed by atoms with E-state index in [1.165, 1.54) is 0 Å². The summed E-state index contributed by atoms with van der Waals surface area (Å²) in [6, 6.07) is 14.0. The molecular weight excluding hydrogens is 494 g/mol. The van der Waals surface area contributed by atoms with Crippen LogP contribution in [0.4, 0.5) is 5.69 Å². The van der Waals surface area contributed by atoms with Gasteiger partial charge in [0, 0.05) is 53.5 Å². The number of hydrogen-bond donors (Lipinski definition) is 1. The van der Waals surface area contributed by atoms with Crippen molar-refractivity contribution in [3.05, 3.63) is 81.4 Å². The van der Waals surface area contributed by atoms with E-state index in [-0.39, 0.29) is 11.6 Å². The average Bonchev–Trinajstić information content (AvgIpc) is 3.26. The second-order valence-electron chi connectivity index (χ2n) is 8.89. The molecular formula is C26H28BrN5O2. The molecule has 7 nitrogen and oxygen atoms in total. The molecule has 1 atom stereocenters. The Hall–Kier alpha value is -2.94. The van der Waals surface area contributed by atoms with Crippen LogP contribution in [-0.2, 0) is 4.74 Å². The number of anilines is 1. The average molecular weight is 522 g/mol. The standard InChI is InChI=1S/C26H28BrN5O2/c1-30(2)17-24(19-4-3-5-20(27)12-19)32-7-6-18(13-25(32)33)23-16-29-26-22(23)14-21(15-28-26)31-8-10-34-11-9-31/h3-7,12-16,24H,8-11,17H2,1-2H3,(H,28,29)/t24-/m1/s1. The smallest absolute Gasteiger partial charge is 0.251 e. The van der Waals surface area contributed by atoms with E-state index in [1.807, 2.05) is 55.5 Å². The number of pyridine rings is 2. The highest BCUT2D eigenvalue weighted by Crippen LogP contribution is 2.30. The van der Waals surface area contributed by atoms with Crippen molar-refractivity contribution in [2.24, 2.45) is 0 Å². The lowest BCUT2D eigenvalue weighted by Crippen LogP contribution is -2.36. The summed E-state index contributed by atoms with van der Waals surface area (Å²) in [7, 11) is 4.05. The number of likely N-dealkylation sites (N-methyl/N-ethyl adjacent to an activating group) is 1. The molecule has 8 heteroatoms. The van der Waals surface area contributed by atoms with E-state index in [4.69, 9.17) is 4.74 Å².